The zero-order valence-electron chi connectivity index (χ0n) is 17.3. The molecule has 2 aliphatic heterocycles. The third-order valence-corrected chi connectivity index (χ3v) is 6.67. The molecule has 156 valence electrons. The van der Waals surface area contributed by atoms with Crippen LogP contribution in [0, 0.1) is 17.8 Å². The van der Waals surface area contributed by atoms with Gasteiger partial charge in [0.1, 0.15) is 6.29 Å². The lowest BCUT2D eigenvalue weighted by Crippen LogP contribution is -2.68. The summed E-state index contributed by atoms with van der Waals surface area (Å²) in [5.74, 6) is 2.15. The minimum atomic E-state index is -0.198. The van der Waals surface area contributed by atoms with Crippen LogP contribution in [0.15, 0.2) is 0 Å². The van der Waals surface area contributed by atoms with Gasteiger partial charge in [0.2, 0.25) is 0 Å². The first-order valence-corrected chi connectivity index (χ1v) is 11.0. The van der Waals surface area contributed by atoms with Crippen molar-refractivity contribution >= 4 is 6.03 Å². The molecule has 2 saturated heterocycles. The van der Waals surface area contributed by atoms with Gasteiger partial charge in [-0.05, 0) is 76.3 Å². The average Bonchev–Trinajstić information content (AvgIpc) is 2.63. The molecule has 7 unspecified atom stereocenters. The molecule has 0 aromatic carbocycles. The van der Waals surface area contributed by atoms with E-state index in [2.05, 4.69) is 52.7 Å². The average molecular weight is 381 g/mol. The number of hydrogen-bond donors (Lipinski definition) is 6. The van der Waals surface area contributed by atoms with Gasteiger partial charge in [0.05, 0.1) is 6.17 Å². The van der Waals surface area contributed by atoms with Crippen molar-refractivity contribution in [3.05, 3.63) is 0 Å². The van der Waals surface area contributed by atoms with Gasteiger partial charge in [0.15, 0.2) is 0 Å². The van der Waals surface area contributed by atoms with Gasteiger partial charge in [0, 0.05) is 18.6 Å². The van der Waals surface area contributed by atoms with E-state index in [1.54, 1.807) is 0 Å². The highest BCUT2D eigenvalue weighted by Gasteiger charge is 2.29. The molecular formula is C20H40N6O. The van der Waals surface area contributed by atoms with E-state index >= 15 is 0 Å². The molecule has 0 aromatic rings. The zero-order valence-corrected chi connectivity index (χ0v) is 17.3. The van der Waals surface area contributed by atoms with E-state index in [1.165, 1.54) is 19.3 Å². The number of rotatable bonds is 5. The van der Waals surface area contributed by atoms with Crippen molar-refractivity contribution in [2.75, 3.05) is 19.6 Å². The SMILES string of the molecule is CC1CC(NCC2CCCNC2)NC(NC(=O)NC2CCC(C)C(C)C2)N1. The molecule has 27 heavy (non-hydrogen) atoms. The highest BCUT2D eigenvalue weighted by atomic mass is 16.2. The van der Waals surface area contributed by atoms with E-state index in [9.17, 15) is 4.79 Å². The molecule has 0 radical (unpaired) electrons. The number of amides is 2. The minimum Gasteiger partial charge on any atom is -0.335 e. The van der Waals surface area contributed by atoms with Crippen LogP contribution in [0.3, 0.4) is 0 Å². The van der Waals surface area contributed by atoms with Gasteiger partial charge >= 0.3 is 6.03 Å². The summed E-state index contributed by atoms with van der Waals surface area (Å²) in [6.07, 6.45) is 6.97. The van der Waals surface area contributed by atoms with E-state index in [4.69, 9.17) is 0 Å². The lowest BCUT2D eigenvalue weighted by molar-refractivity contribution is 0.174. The highest BCUT2D eigenvalue weighted by molar-refractivity contribution is 5.74. The van der Waals surface area contributed by atoms with Crippen LogP contribution in [0.25, 0.3) is 0 Å². The number of carbonyl (C=O) groups is 1. The second-order valence-electron chi connectivity index (χ2n) is 9.16. The fourth-order valence-corrected chi connectivity index (χ4v) is 4.69. The molecule has 2 amide bonds. The smallest absolute Gasteiger partial charge is 0.317 e. The molecule has 1 saturated carbocycles. The number of piperidine rings is 1. The number of carbonyl (C=O) groups excluding carboxylic acids is 1. The summed E-state index contributed by atoms with van der Waals surface area (Å²) in [6, 6.07) is 0.579. The maximum absolute atomic E-state index is 12.5. The summed E-state index contributed by atoms with van der Waals surface area (Å²) < 4.78 is 0. The Bertz CT molecular complexity index is 469. The third kappa shape index (κ3) is 6.59. The summed E-state index contributed by atoms with van der Waals surface area (Å²) in [4.78, 5) is 12.5. The topological polar surface area (TPSA) is 89.2 Å². The van der Waals surface area contributed by atoms with E-state index in [0.717, 1.165) is 44.8 Å². The molecule has 2 heterocycles. The fourth-order valence-electron chi connectivity index (χ4n) is 4.69. The zero-order chi connectivity index (χ0) is 19.2. The number of urea groups is 1. The van der Waals surface area contributed by atoms with Crippen LogP contribution in [0.5, 0.6) is 0 Å². The molecule has 3 rings (SSSR count). The third-order valence-electron chi connectivity index (χ3n) is 6.67. The predicted octanol–water partition coefficient (Wildman–Crippen LogP) is 1.28. The fraction of sp³-hybridized carbons (Fsp3) is 0.950. The Balaban J connectivity index is 1.40. The molecule has 3 fully saturated rings. The largest absolute Gasteiger partial charge is 0.335 e. The van der Waals surface area contributed by atoms with Gasteiger partial charge in [-0.3, -0.25) is 10.6 Å². The maximum Gasteiger partial charge on any atom is 0.317 e. The lowest BCUT2D eigenvalue weighted by atomic mass is 9.79. The summed E-state index contributed by atoms with van der Waals surface area (Å²) in [5.41, 5.74) is 0. The summed E-state index contributed by atoms with van der Waals surface area (Å²) in [7, 11) is 0. The van der Waals surface area contributed by atoms with Crippen LogP contribution in [-0.2, 0) is 0 Å². The van der Waals surface area contributed by atoms with Crippen molar-refractivity contribution in [3.63, 3.8) is 0 Å². The van der Waals surface area contributed by atoms with Gasteiger partial charge in [-0.1, -0.05) is 13.8 Å². The van der Waals surface area contributed by atoms with Crippen LogP contribution >= 0.6 is 0 Å². The molecule has 6 N–H and O–H groups in total. The molecule has 0 spiro atoms. The first-order chi connectivity index (χ1) is 13.0. The Kier molecular flexibility index (Phi) is 7.75. The van der Waals surface area contributed by atoms with Crippen molar-refractivity contribution in [3.8, 4) is 0 Å². The highest BCUT2D eigenvalue weighted by Crippen LogP contribution is 2.29. The van der Waals surface area contributed by atoms with Crippen molar-refractivity contribution in [2.45, 2.75) is 83.8 Å². The van der Waals surface area contributed by atoms with Gasteiger partial charge in [-0.25, -0.2) is 4.79 Å². The van der Waals surface area contributed by atoms with E-state index < -0.39 is 0 Å². The van der Waals surface area contributed by atoms with Gasteiger partial charge in [-0.2, -0.15) is 0 Å². The number of nitrogens with one attached hydrogen (secondary N) is 6. The summed E-state index contributed by atoms with van der Waals surface area (Å²) >= 11 is 0. The van der Waals surface area contributed by atoms with Crippen LogP contribution < -0.4 is 31.9 Å². The first-order valence-electron chi connectivity index (χ1n) is 11.0. The number of hydrogen-bond acceptors (Lipinski definition) is 5. The van der Waals surface area contributed by atoms with Crippen molar-refractivity contribution < 1.29 is 4.79 Å². The molecule has 7 atom stereocenters. The van der Waals surface area contributed by atoms with Crippen LogP contribution in [-0.4, -0.2) is 50.2 Å². The van der Waals surface area contributed by atoms with Gasteiger partial charge in [-0.15, -0.1) is 0 Å². The van der Waals surface area contributed by atoms with Gasteiger partial charge in [0.25, 0.3) is 0 Å². The second-order valence-corrected chi connectivity index (χ2v) is 9.16. The van der Waals surface area contributed by atoms with Gasteiger partial charge < -0.3 is 21.3 Å². The Morgan fingerprint density at radius 2 is 1.85 bits per heavy atom. The Hall–Kier alpha value is -0.890. The van der Waals surface area contributed by atoms with Crippen LogP contribution in [0.2, 0.25) is 0 Å². The lowest BCUT2D eigenvalue weighted by Gasteiger charge is -2.38. The van der Waals surface area contributed by atoms with Crippen LogP contribution in [0.4, 0.5) is 4.79 Å². The monoisotopic (exact) mass is 380 g/mol. The second kappa shape index (κ2) is 10.0. The molecule has 0 bridgehead atoms. The molecular weight excluding hydrogens is 340 g/mol. The quantitative estimate of drug-likeness (QED) is 0.433. The Morgan fingerprint density at radius 1 is 1.00 bits per heavy atom. The summed E-state index contributed by atoms with van der Waals surface area (Å²) in [6.45, 7) is 10.1. The van der Waals surface area contributed by atoms with E-state index in [-0.39, 0.29) is 18.5 Å². The first kappa shape index (κ1) is 20.8. The maximum atomic E-state index is 12.5. The minimum absolute atomic E-state index is 0.0731. The summed E-state index contributed by atoms with van der Waals surface area (Å²) in [5, 5.41) is 20.3. The molecule has 7 heteroatoms. The predicted molar refractivity (Wildman–Crippen MR) is 109 cm³/mol. The van der Waals surface area contributed by atoms with Crippen LogP contribution in [0.1, 0.15) is 59.3 Å². The molecule has 0 aromatic heterocycles. The van der Waals surface area contributed by atoms with Crippen molar-refractivity contribution in [2.24, 2.45) is 17.8 Å². The Labute approximate surface area is 164 Å². The van der Waals surface area contributed by atoms with E-state index in [1.807, 2.05) is 0 Å². The molecule has 3 aliphatic rings. The van der Waals surface area contributed by atoms with Crippen molar-refractivity contribution in [1.29, 1.82) is 0 Å². The van der Waals surface area contributed by atoms with E-state index in [0.29, 0.717) is 23.9 Å². The Morgan fingerprint density at radius 3 is 2.59 bits per heavy atom. The molecule has 7 nitrogen and oxygen atoms in total. The van der Waals surface area contributed by atoms with Crippen molar-refractivity contribution in [1.82, 2.24) is 31.9 Å². The normalized spacial score (nSPS) is 40.3. The standard InChI is InChI=1S/C20H40N6O/c1-13-6-7-17(9-14(13)2)24-20(27)26-19-23-15(3)10-18(25-19)22-12-16-5-4-8-21-11-16/h13-19,21-23,25H,4-12H2,1-3H3,(H2,24,26,27). The molecule has 1 aliphatic carbocycles.